The maximum absolute atomic E-state index is 10.7. The Morgan fingerprint density at radius 2 is 1.94 bits per heavy atom. The molecule has 0 aliphatic carbocycles. The molecule has 0 N–H and O–H groups in total. The van der Waals surface area contributed by atoms with Crippen molar-refractivity contribution in [1.29, 1.82) is 0 Å². The summed E-state index contributed by atoms with van der Waals surface area (Å²) in [6, 6.07) is 9.93. The van der Waals surface area contributed by atoms with E-state index in [4.69, 9.17) is 4.74 Å². The number of benzene rings is 1. The second-order valence-electron chi connectivity index (χ2n) is 4.51. The van der Waals surface area contributed by atoms with Gasteiger partial charge < -0.3 is 9.64 Å². The molecule has 1 aromatic rings. The van der Waals surface area contributed by atoms with Crippen molar-refractivity contribution in [1.82, 2.24) is 4.90 Å². The van der Waals surface area contributed by atoms with Crippen LogP contribution in [0, 0.1) is 10.1 Å². The van der Waals surface area contributed by atoms with Crippen molar-refractivity contribution in [3.8, 4) is 0 Å². The van der Waals surface area contributed by atoms with E-state index in [1.807, 2.05) is 49.3 Å². The highest BCUT2D eigenvalue weighted by Gasteiger charge is 2.27. The Balaban J connectivity index is 2.78. The molecule has 5 nitrogen and oxygen atoms in total. The Labute approximate surface area is 108 Å². The number of likely N-dealkylation sites (N-methyl/N-ethyl adjacent to an activating group) is 1. The van der Waals surface area contributed by atoms with E-state index < -0.39 is 6.10 Å². The molecule has 0 aromatic heterocycles. The number of nitrogens with zero attached hydrogens (tertiary/aromatic N) is 2. The van der Waals surface area contributed by atoms with Gasteiger partial charge in [0.05, 0.1) is 0 Å². The minimum absolute atomic E-state index is 0.0113. The van der Waals surface area contributed by atoms with Crippen LogP contribution in [0.1, 0.15) is 5.56 Å². The highest BCUT2D eigenvalue weighted by Crippen LogP contribution is 2.12. The Morgan fingerprint density at radius 1 is 1.33 bits per heavy atom. The fraction of sp³-hybridized carbons (Fsp3) is 0.538. The van der Waals surface area contributed by atoms with Gasteiger partial charge in [-0.2, -0.15) is 0 Å². The van der Waals surface area contributed by atoms with Gasteiger partial charge in [-0.1, -0.05) is 30.3 Å². The molecule has 0 amide bonds. The van der Waals surface area contributed by atoms with E-state index in [0.717, 1.165) is 12.0 Å². The van der Waals surface area contributed by atoms with Crippen LogP contribution in [0.5, 0.6) is 0 Å². The summed E-state index contributed by atoms with van der Waals surface area (Å²) in [6.07, 6.45) is 0.329. The normalized spacial score (nSPS) is 14.4. The molecule has 0 aliphatic rings. The summed E-state index contributed by atoms with van der Waals surface area (Å²) < 4.78 is 5.27. The highest BCUT2D eigenvalue weighted by atomic mass is 16.6. The third-order valence-corrected chi connectivity index (χ3v) is 3.01. The monoisotopic (exact) mass is 252 g/mol. The number of methoxy groups -OCH3 is 1. The lowest BCUT2D eigenvalue weighted by atomic mass is 10.0. The number of nitro groups is 1. The van der Waals surface area contributed by atoms with Crippen LogP contribution in [0.2, 0.25) is 0 Å². The fourth-order valence-corrected chi connectivity index (χ4v) is 2.00. The van der Waals surface area contributed by atoms with Crippen molar-refractivity contribution >= 4 is 0 Å². The van der Waals surface area contributed by atoms with Crippen LogP contribution in [0.3, 0.4) is 0 Å². The van der Waals surface area contributed by atoms with Crippen molar-refractivity contribution < 1.29 is 9.66 Å². The van der Waals surface area contributed by atoms with Crippen LogP contribution in [0.25, 0.3) is 0 Å². The van der Waals surface area contributed by atoms with Crippen LogP contribution in [0.4, 0.5) is 0 Å². The third-order valence-electron chi connectivity index (χ3n) is 3.01. The van der Waals surface area contributed by atoms with E-state index in [9.17, 15) is 10.1 Å². The summed E-state index contributed by atoms with van der Waals surface area (Å²) in [5.41, 5.74) is 1.15. The molecule has 5 heteroatoms. The van der Waals surface area contributed by atoms with E-state index in [1.54, 1.807) is 0 Å². The van der Waals surface area contributed by atoms with Crippen molar-refractivity contribution in [2.45, 2.75) is 18.6 Å². The molecule has 18 heavy (non-hydrogen) atoms. The summed E-state index contributed by atoms with van der Waals surface area (Å²) in [5.74, 6) is 0. The molecule has 0 radical (unpaired) electrons. The molecule has 0 saturated heterocycles. The van der Waals surface area contributed by atoms with Gasteiger partial charge >= 0.3 is 0 Å². The van der Waals surface area contributed by atoms with Crippen LogP contribution >= 0.6 is 0 Å². The van der Waals surface area contributed by atoms with E-state index in [0.29, 0.717) is 0 Å². The number of hydrogen-bond donors (Lipinski definition) is 0. The van der Waals surface area contributed by atoms with Gasteiger partial charge in [-0.3, -0.25) is 10.1 Å². The number of ether oxygens (including phenoxy) is 1. The van der Waals surface area contributed by atoms with E-state index in [-0.39, 0.29) is 17.5 Å². The molecule has 100 valence electrons. The molecule has 0 spiro atoms. The molecule has 2 unspecified atom stereocenters. The lowest BCUT2D eigenvalue weighted by Gasteiger charge is -2.29. The van der Waals surface area contributed by atoms with Crippen molar-refractivity contribution in [3.63, 3.8) is 0 Å². The Bertz CT molecular complexity index is 368. The van der Waals surface area contributed by atoms with Crippen LogP contribution < -0.4 is 0 Å². The predicted molar refractivity (Wildman–Crippen MR) is 70.3 cm³/mol. The zero-order valence-corrected chi connectivity index (χ0v) is 11.1. The molecule has 0 fully saturated rings. The predicted octanol–water partition coefficient (Wildman–Crippen LogP) is 1.45. The smallest absolute Gasteiger partial charge is 0.231 e. The molecular weight excluding hydrogens is 232 g/mol. The second-order valence-corrected chi connectivity index (χ2v) is 4.51. The average molecular weight is 252 g/mol. The van der Waals surface area contributed by atoms with Crippen molar-refractivity contribution in [2.24, 2.45) is 0 Å². The summed E-state index contributed by atoms with van der Waals surface area (Å²) in [6.45, 7) is -0.174. The topological polar surface area (TPSA) is 55.6 Å². The highest BCUT2D eigenvalue weighted by molar-refractivity contribution is 5.16. The summed E-state index contributed by atoms with van der Waals surface area (Å²) in [5, 5.41) is 10.7. The molecule has 0 aliphatic heterocycles. The molecule has 0 heterocycles. The number of rotatable bonds is 7. The molecule has 0 saturated carbocycles. The van der Waals surface area contributed by atoms with E-state index in [1.165, 1.54) is 7.11 Å². The Morgan fingerprint density at radius 3 is 2.39 bits per heavy atom. The van der Waals surface area contributed by atoms with Gasteiger partial charge in [-0.25, -0.2) is 0 Å². The maximum Gasteiger partial charge on any atom is 0.231 e. The van der Waals surface area contributed by atoms with E-state index in [2.05, 4.69) is 0 Å². The van der Waals surface area contributed by atoms with Gasteiger partial charge in [0, 0.05) is 18.1 Å². The van der Waals surface area contributed by atoms with Gasteiger partial charge in [0.2, 0.25) is 6.54 Å². The first-order valence-corrected chi connectivity index (χ1v) is 5.89. The maximum atomic E-state index is 10.7. The minimum atomic E-state index is -0.407. The zero-order chi connectivity index (χ0) is 13.5. The first-order valence-electron chi connectivity index (χ1n) is 5.89. The molecule has 1 rings (SSSR count). The lowest BCUT2D eigenvalue weighted by Crippen LogP contribution is -2.45. The lowest BCUT2D eigenvalue weighted by molar-refractivity contribution is -0.492. The average Bonchev–Trinajstić information content (AvgIpc) is 2.34. The minimum Gasteiger partial charge on any atom is -0.373 e. The quantitative estimate of drug-likeness (QED) is 0.544. The van der Waals surface area contributed by atoms with Crippen LogP contribution in [0.15, 0.2) is 30.3 Å². The summed E-state index contributed by atoms with van der Waals surface area (Å²) in [4.78, 5) is 12.3. The fourth-order valence-electron chi connectivity index (χ4n) is 2.00. The number of hydrogen-bond acceptors (Lipinski definition) is 4. The van der Waals surface area contributed by atoms with E-state index >= 15 is 0 Å². The third kappa shape index (κ3) is 4.43. The van der Waals surface area contributed by atoms with Gasteiger partial charge in [0.1, 0.15) is 6.10 Å². The molecule has 0 bridgehead atoms. The summed E-state index contributed by atoms with van der Waals surface area (Å²) >= 11 is 0. The molecule has 2 atom stereocenters. The van der Waals surface area contributed by atoms with Crippen molar-refractivity contribution in [3.05, 3.63) is 46.0 Å². The first-order chi connectivity index (χ1) is 8.54. The first kappa shape index (κ1) is 14.6. The summed E-state index contributed by atoms with van der Waals surface area (Å²) in [7, 11) is 5.36. The van der Waals surface area contributed by atoms with Crippen molar-refractivity contribution in [2.75, 3.05) is 27.7 Å². The zero-order valence-electron chi connectivity index (χ0n) is 11.1. The second kappa shape index (κ2) is 7.08. The van der Waals surface area contributed by atoms with Gasteiger partial charge in [-0.15, -0.1) is 0 Å². The largest absolute Gasteiger partial charge is 0.373 e. The van der Waals surface area contributed by atoms with Gasteiger partial charge in [0.15, 0.2) is 0 Å². The van der Waals surface area contributed by atoms with Gasteiger partial charge in [0.25, 0.3) is 0 Å². The molecular formula is C13H20N2O3. The molecule has 1 aromatic carbocycles. The Kier molecular flexibility index (Phi) is 5.74. The Hall–Kier alpha value is -1.46. The standard InChI is InChI=1S/C13H20N2O3/c1-14(2)12(13(18-3)10-15(16)17)9-11-7-5-4-6-8-11/h4-8,12-13H,9-10H2,1-3H3. The van der Waals surface area contributed by atoms with Crippen LogP contribution in [-0.2, 0) is 11.2 Å². The van der Waals surface area contributed by atoms with Crippen LogP contribution in [-0.4, -0.2) is 49.7 Å². The SMILES string of the molecule is COC(C[N+](=O)[O-])C(Cc1ccccc1)N(C)C. The van der Waals surface area contributed by atoms with Gasteiger partial charge in [-0.05, 0) is 26.1 Å².